The van der Waals surface area contributed by atoms with Crippen molar-refractivity contribution < 1.29 is 13.6 Å². The molecule has 0 aliphatic carbocycles. The normalized spacial score (nSPS) is 12.6. The van der Waals surface area contributed by atoms with Crippen LogP contribution in [-0.2, 0) is 15.9 Å². The molecule has 0 radical (unpaired) electrons. The van der Waals surface area contributed by atoms with Crippen molar-refractivity contribution in [2.24, 2.45) is 0 Å². The maximum Gasteiger partial charge on any atom is 0.219 e. The molecule has 1 N–H and O–H groups in total. The average molecular weight is 164 g/mol. The van der Waals surface area contributed by atoms with E-state index in [-0.39, 0.29) is 18.1 Å². The summed E-state index contributed by atoms with van der Waals surface area (Å²) in [6.07, 6.45) is 0.681. The molecule has 0 saturated carbocycles. The summed E-state index contributed by atoms with van der Waals surface area (Å²) in [4.78, 5) is 10.5. The van der Waals surface area contributed by atoms with Crippen molar-refractivity contribution in [2.75, 3.05) is 12.8 Å². The van der Waals surface area contributed by atoms with Crippen molar-refractivity contribution in [1.82, 2.24) is 5.32 Å². The van der Waals surface area contributed by atoms with Gasteiger partial charge >= 0.3 is 0 Å². The maximum absolute atomic E-state index is 10.5. The molecule has 0 aromatic rings. The molecule has 0 aromatic heterocycles. The fourth-order valence-corrected chi connectivity index (χ4v) is 0.856. The summed E-state index contributed by atoms with van der Waals surface area (Å²) in [6.45, 7) is 0. The summed E-state index contributed by atoms with van der Waals surface area (Å²) in [7, 11) is 1.52. The fourth-order valence-electron chi connectivity index (χ4n) is 0.476. The minimum absolute atomic E-state index is 0.0629. The third-order valence-corrected chi connectivity index (χ3v) is 1.62. The summed E-state index contributed by atoms with van der Waals surface area (Å²) in [6, 6.07) is 0. The van der Waals surface area contributed by atoms with Crippen LogP contribution in [0, 0.1) is 0 Å². The summed E-state index contributed by atoms with van der Waals surface area (Å²) in [5.74, 6) is -0.0570. The quantitative estimate of drug-likeness (QED) is 0.564. The molecule has 1 amide bonds. The van der Waals surface area contributed by atoms with Crippen molar-refractivity contribution in [1.29, 1.82) is 0 Å². The van der Waals surface area contributed by atoms with Gasteiger partial charge in [-0.15, -0.1) is 0 Å². The standard InChI is InChI=1S/C5H11NO3S/c1-6-5(7)3-2-4-10(8)9/h2-4H2,1H3,(H,6,7)(H,8,9)/p-1. The summed E-state index contributed by atoms with van der Waals surface area (Å²) >= 11 is -2.01. The van der Waals surface area contributed by atoms with Crippen LogP contribution in [0.2, 0.25) is 0 Å². The van der Waals surface area contributed by atoms with Crippen molar-refractivity contribution in [3.63, 3.8) is 0 Å². The Kier molecular flexibility index (Phi) is 5.15. The van der Waals surface area contributed by atoms with Crippen LogP contribution in [0.25, 0.3) is 0 Å². The SMILES string of the molecule is CNC(=O)CCCS(=O)[O-]. The van der Waals surface area contributed by atoms with Gasteiger partial charge in [-0.05, 0) is 6.42 Å². The second kappa shape index (κ2) is 5.37. The van der Waals surface area contributed by atoms with Crippen LogP contribution >= 0.6 is 0 Å². The van der Waals surface area contributed by atoms with Gasteiger partial charge in [-0.3, -0.25) is 9.00 Å². The van der Waals surface area contributed by atoms with Crippen LogP contribution < -0.4 is 5.32 Å². The second-order valence-corrected chi connectivity index (χ2v) is 2.80. The van der Waals surface area contributed by atoms with E-state index in [2.05, 4.69) is 5.32 Å². The molecule has 0 heterocycles. The molecule has 4 nitrogen and oxygen atoms in total. The summed E-state index contributed by atoms with van der Waals surface area (Å²) < 4.78 is 19.9. The lowest BCUT2D eigenvalue weighted by Crippen LogP contribution is -2.17. The van der Waals surface area contributed by atoms with E-state index in [4.69, 9.17) is 0 Å². The lowest BCUT2D eigenvalue weighted by Gasteiger charge is -2.02. The molecule has 0 aromatic carbocycles. The first-order valence-electron chi connectivity index (χ1n) is 2.93. The third kappa shape index (κ3) is 5.71. The van der Waals surface area contributed by atoms with Gasteiger partial charge in [-0.2, -0.15) is 0 Å². The van der Waals surface area contributed by atoms with Gasteiger partial charge < -0.3 is 9.87 Å². The van der Waals surface area contributed by atoms with E-state index in [0.29, 0.717) is 6.42 Å². The number of hydrogen-bond donors (Lipinski definition) is 1. The van der Waals surface area contributed by atoms with Gasteiger partial charge in [0.15, 0.2) is 0 Å². The molecule has 1 atom stereocenters. The Morgan fingerprint density at radius 1 is 1.70 bits per heavy atom. The number of carbonyl (C=O) groups is 1. The maximum atomic E-state index is 10.5. The van der Waals surface area contributed by atoms with Crippen molar-refractivity contribution in [3.05, 3.63) is 0 Å². The average Bonchev–Trinajstić information content (AvgIpc) is 1.87. The van der Waals surface area contributed by atoms with E-state index < -0.39 is 11.1 Å². The Hall–Kier alpha value is -0.420. The molecular formula is C5H10NO3S-. The first kappa shape index (κ1) is 9.58. The number of rotatable bonds is 4. The minimum Gasteiger partial charge on any atom is -0.772 e. The lowest BCUT2D eigenvalue weighted by atomic mass is 10.3. The van der Waals surface area contributed by atoms with Crippen LogP contribution in [-0.4, -0.2) is 27.5 Å². The minimum atomic E-state index is -2.01. The lowest BCUT2D eigenvalue weighted by molar-refractivity contribution is -0.120. The molecule has 0 saturated heterocycles. The predicted molar refractivity (Wildman–Crippen MR) is 37.1 cm³/mol. The van der Waals surface area contributed by atoms with Gasteiger partial charge in [-0.25, -0.2) is 0 Å². The van der Waals surface area contributed by atoms with Crippen molar-refractivity contribution in [2.45, 2.75) is 12.8 Å². The number of amides is 1. The van der Waals surface area contributed by atoms with Crippen LogP contribution in [0.15, 0.2) is 0 Å². The topological polar surface area (TPSA) is 69.2 Å². The van der Waals surface area contributed by atoms with Crippen molar-refractivity contribution in [3.8, 4) is 0 Å². The van der Waals surface area contributed by atoms with E-state index in [9.17, 15) is 13.6 Å². The number of hydrogen-bond acceptors (Lipinski definition) is 3. The van der Waals surface area contributed by atoms with E-state index in [1.807, 2.05) is 0 Å². The Labute approximate surface area is 62.3 Å². The highest BCUT2D eigenvalue weighted by molar-refractivity contribution is 7.79. The van der Waals surface area contributed by atoms with E-state index >= 15 is 0 Å². The highest BCUT2D eigenvalue weighted by Crippen LogP contribution is 1.89. The molecule has 1 unspecified atom stereocenters. The van der Waals surface area contributed by atoms with Crippen LogP contribution in [0.4, 0.5) is 0 Å². The largest absolute Gasteiger partial charge is 0.772 e. The zero-order valence-corrected chi connectivity index (χ0v) is 6.57. The first-order chi connectivity index (χ1) is 4.66. The molecule has 60 valence electrons. The Bertz CT molecular complexity index is 137. The summed E-state index contributed by atoms with van der Waals surface area (Å²) in [5, 5.41) is 2.40. The molecular weight excluding hydrogens is 154 g/mol. The highest BCUT2D eigenvalue weighted by atomic mass is 32.2. The van der Waals surface area contributed by atoms with Gasteiger partial charge in [0.2, 0.25) is 5.91 Å². The number of nitrogens with one attached hydrogen (secondary N) is 1. The molecule has 0 spiro atoms. The number of carbonyl (C=O) groups excluding carboxylic acids is 1. The van der Waals surface area contributed by atoms with Crippen LogP contribution in [0.1, 0.15) is 12.8 Å². The van der Waals surface area contributed by atoms with E-state index in [1.54, 1.807) is 0 Å². The van der Waals surface area contributed by atoms with Crippen molar-refractivity contribution >= 4 is 17.0 Å². The van der Waals surface area contributed by atoms with Gasteiger partial charge in [0, 0.05) is 19.2 Å². The van der Waals surface area contributed by atoms with E-state index in [1.165, 1.54) is 7.05 Å². The fraction of sp³-hybridized carbons (Fsp3) is 0.800. The zero-order chi connectivity index (χ0) is 7.98. The third-order valence-electron chi connectivity index (χ3n) is 0.994. The first-order valence-corrected chi connectivity index (χ1v) is 4.17. The van der Waals surface area contributed by atoms with Crippen LogP contribution in [0.5, 0.6) is 0 Å². The Morgan fingerprint density at radius 2 is 2.30 bits per heavy atom. The van der Waals surface area contributed by atoms with Gasteiger partial charge in [-0.1, -0.05) is 11.1 Å². The Balaban J connectivity index is 3.20. The zero-order valence-electron chi connectivity index (χ0n) is 5.75. The molecule has 0 aliphatic rings. The van der Waals surface area contributed by atoms with Gasteiger partial charge in [0.1, 0.15) is 0 Å². The Morgan fingerprint density at radius 3 is 2.70 bits per heavy atom. The molecule has 0 fully saturated rings. The molecule has 0 rings (SSSR count). The van der Waals surface area contributed by atoms with E-state index in [0.717, 1.165) is 0 Å². The smallest absolute Gasteiger partial charge is 0.219 e. The molecule has 10 heavy (non-hydrogen) atoms. The molecule has 0 aliphatic heterocycles. The predicted octanol–water partition coefficient (Wildman–Crippen LogP) is -0.608. The van der Waals surface area contributed by atoms with Gasteiger partial charge in [0.25, 0.3) is 0 Å². The second-order valence-electron chi connectivity index (χ2n) is 1.78. The molecule has 5 heteroatoms. The van der Waals surface area contributed by atoms with Gasteiger partial charge in [0.05, 0.1) is 0 Å². The summed E-state index contributed by atoms with van der Waals surface area (Å²) in [5.41, 5.74) is 0. The monoisotopic (exact) mass is 164 g/mol. The van der Waals surface area contributed by atoms with Crippen LogP contribution in [0.3, 0.4) is 0 Å². The highest BCUT2D eigenvalue weighted by Gasteiger charge is 1.95. The molecule has 0 bridgehead atoms.